The van der Waals surface area contributed by atoms with Crippen LogP contribution in [0, 0.1) is 0 Å². The molecule has 12 rings (SSSR count). The van der Waals surface area contributed by atoms with E-state index in [1.165, 1.54) is 119 Å². The predicted molar refractivity (Wildman–Crippen MR) is 243 cm³/mol. The molecule has 262 valence electrons. The van der Waals surface area contributed by atoms with E-state index in [0.717, 1.165) is 0 Å². The molecule has 1 aliphatic carbocycles. The van der Waals surface area contributed by atoms with Gasteiger partial charge in [-0.25, -0.2) is 0 Å². The SMILES string of the molecule is CC1(C)c2ccc(-c3c4ccccc4c(-c4ccc(-c5ccccc5)c5ccccc45)c4ccccc34)cc2-c2c1c1sc3ccccc3c1c1ccccc21. The van der Waals surface area contributed by atoms with Crippen LogP contribution in [0.5, 0.6) is 0 Å². The first kappa shape index (κ1) is 31.8. The van der Waals surface area contributed by atoms with Crippen molar-refractivity contribution in [1.29, 1.82) is 0 Å². The predicted octanol–water partition coefficient (Wildman–Crippen LogP) is 16.0. The van der Waals surface area contributed by atoms with Gasteiger partial charge in [0.25, 0.3) is 0 Å². The number of thiophene rings is 1. The van der Waals surface area contributed by atoms with Gasteiger partial charge in [0, 0.05) is 25.6 Å². The Morgan fingerprint density at radius 3 is 1.52 bits per heavy atom. The van der Waals surface area contributed by atoms with Crippen LogP contribution in [0.15, 0.2) is 182 Å². The summed E-state index contributed by atoms with van der Waals surface area (Å²) >= 11 is 1.96. The number of rotatable bonds is 3. The molecule has 10 aromatic carbocycles. The molecule has 0 aliphatic heterocycles. The topological polar surface area (TPSA) is 0 Å². The zero-order valence-electron chi connectivity index (χ0n) is 31.2. The quantitative estimate of drug-likeness (QED) is 0.159. The summed E-state index contributed by atoms with van der Waals surface area (Å²) in [5.41, 5.74) is 13.1. The smallest absolute Gasteiger partial charge is 0.0408 e. The van der Waals surface area contributed by atoms with Crippen LogP contribution in [-0.2, 0) is 5.41 Å². The van der Waals surface area contributed by atoms with Crippen molar-refractivity contribution in [3.8, 4) is 44.5 Å². The van der Waals surface area contributed by atoms with Crippen LogP contribution in [0.3, 0.4) is 0 Å². The summed E-state index contributed by atoms with van der Waals surface area (Å²) in [6.07, 6.45) is 0. The summed E-state index contributed by atoms with van der Waals surface area (Å²) in [5, 5.41) is 13.1. The molecule has 56 heavy (non-hydrogen) atoms. The molecule has 1 aromatic heterocycles. The first-order valence-corrected chi connectivity index (χ1v) is 20.4. The van der Waals surface area contributed by atoms with E-state index in [2.05, 4.69) is 196 Å². The van der Waals surface area contributed by atoms with Crippen LogP contribution >= 0.6 is 11.3 Å². The third-order valence-electron chi connectivity index (χ3n) is 12.6. The Hall–Kier alpha value is -6.54. The molecule has 0 atom stereocenters. The van der Waals surface area contributed by atoms with Crippen molar-refractivity contribution in [2.75, 3.05) is 0 Å². The molecule has 0 N–H and O–H groups in total. The Morgan fingerprint density at radius 2 is 0.857 bits per heavy atom. The maximum absolute atomic E-state index is 2.52. The van der Waals surface area contributed by atoms with Crippen LogP contribution in [-0.4, -0.2) is 0 Å². The van der Waals surface area contributed by atoms with Gasteiger partial charge in [-0.1, -0.05) is 184 Å². The Balaban J connectivity index is 1.15. The largest absolute Gasteiger partial charge is 0.135 e. The zero-order valence-corrected chi connectivity index (χ0v) is 32.0. The Bertz CT molecular complexity index is 3380. The summed E-state index contributed by atoms with van der Waals surface area (Å²) in [7, 11) is 0. The summed E-state index contributed by atoms with van der Waals surface area (Å²) in [4.78, 5) is 0. The maximum Gasteiger partial charge on any atom is 0.0408 e. The first-order chi connectivity index (χ1) is 27.6. The fourth-order valence-electron chi connectivity index (χ4n) is 10.2. The molecule has 0 saturated carbocycles. The highest BCUT2D eigenvalue weighted by molar-refractivity contribution is 7.26. The van der Waals surface area contributed by atoms with Gasteiger partial charge in [0.2, 0.25) is 0 Å². The van der Waals surface area contributed by atoms with Gasteiger partial charge in [0.05, 0.1) is 0 Å². The van der Waals surface area contributed by atoms with Crippen molar-refractivity contribution in [3.05, 3.63) is 193 Å². The van der Waals surface area contributed by atoms with Crippen LogP contribution in [0.4, 0.5) is 0 Å². The second kappa shape index (κ2) is 11.7. The third-order valence-corrected chi connectivity index (χ3v) is 13.8. The molecule has 0 saturated heterocycles. The molecule has 1 aliphatic rings. The minimum absolute atomic E-state index is 0.146. The van der Waals surface area contributed by atoms with E-state index in [-0.39, 0.29) is 5.41 Å². The minimum atomic E-state index is -0.146. The lowest BCUT2D eigenvalue weighted by Gasteiger charge is -2.23. The molecule has 0 amide bonds. The molecular formula is C55H36S. The summed E-state index contributed by atoms with van der Waals surface area (Å²) in [6, 6.07) is 67.9. The van der Waals surface area contributed by atoms with Crippen molar-refractivity contribution in [3.63, 3.8) is 0 Å². The number of benzene rings is 10. The van der Waals surface area contributed by atoms with Crippen molar-refractivity contribution in [2.45, 2.75) is 19.3 Å². The van der Waals surface area contributed by atoms with Gasteiger partial charge in [-0.15, -0.1) is 11.3 Å². The van der Waals surface area contributed by atoms with Gasteiger partial charge < -0.3 is 0 Å². The van der Waals surface area contributed by atoms with E-state index in [1.54, 1.807) is 0 Å². The second-order valence-corrected chi connectivity index (χ2v) is 16.9. The van der Waals surface area contributed by atoms with Gasteiger partial charge >= 0.3 is 0 Å². The fraction of sp³-hybridized carbons (Fsp3) is 0.0545. The third kappa shape index (κ3) is 4.29. The lowest BCUT2D eigenvalue weighted by molar-refractivity contribution is 0.667. The lowest BCUT2D eigenvalue weighted by Crippen LogP contribution is -2.15. The second-order valence-electron chi connectivity index (χ2n) is 15.9. The highest BCUT2D eigenvalue weighted by Gasteiger charge is 2.39. The Morgan fingerprint density at radius 1 is 0.357 bits per heavy atom. The molecule has 0 radical (unpaired) electrons. The summed E-state index contributed by atoms with van der Waals surface area (Å²) in [5.74, 6) is 0. The van der Waals surface area contributed by atoms with Gasteiger partial charge in [0.15, 0.2) is 0 Å². The van der Waals surface area contributed by atoms with Crippen molar-refractivity contribution < 1.29 is 0 Å². The van der Waals surface area contributed by atoms with E-state index >= 15 is 0 Å². The standard InChI is InChI=1S/C55H36S/c1-55(2)47-31-28-34(32-46(47)51-42-24-12-13-25-43(42)52-45-26-14-15-27-48(45)56-54(52)53(51)55)49-38-20-8-10-22-40(38)50(41-23-11-9-21-39(41)49)44-30-29-35(33-16-4-3-5-17-33)36-18-6-7-19-37(36)44/h3-32H,1-2H3. The molecule has 0 unspecified atom stereocenters. The number of hydrogen-bond acceptors (Lipinski definition) is 1. The summed E-state index contributed by atoms with van der Waals surface area (Å²) < 4.78 is 2.78. The maximum atomic E-state index is 2.52. The molecule has 0 bridgehead atoms. The van der Waals surface area contributed by atoms with Crippen molar-refractivity contribution in [2.24, 2.45) is 0 Å². The Labute approximate surface area is 329 Å². The molecule has 0 fully saturated rings. The van der Waals surface area contributed by atoms with Gasteiger partial charge in [-0.05, 0) is 111 Å². The molecule has 0 spiro atoms. The Kier molecular flexibility index (Phi) is 6.66. The zero-order chi connectivity index (χ0) is 37.1. The molecule has 0 nitrogen and oxygen atoms in total. The first-order valence-electron chi connectivity index (χ1n) is 19.6. The van der Waals surface area contributed by atoms with E-state index in [1.807, 2.05) is 11.3 Å². The summed E-state index contributed by atoms with van der Waals surface area (Å²) in [6.45, 7) is 4.87. The van der Waals surface area contributed by atoms with Gasteiger partial charge in [-0.3, -0.25) is 0 Å². The van der Waals surface area contributed by atoms with Crippen molar-refractivity contribution in [1.82, 2.24) is 0 Å². The average Bonchev–Trinajstić information content (AvgIpc) is 3.75. The monoisotopic (exact) mass is 728 g/mol. The van der Waals surface area contributed by atoms with Crippen LogP contribution in [0.2, 0.25) is 0 Å². The minimum Gasteiger partial charge on any atom is -0.135 e. The van der Waals surface area contributed by atoms with E-state index < -0.39 is 0 Å². The van der Waals surface area contributed by atoms with E-state index in [4.69, 9.17) is 0 Å². The highest BCUT2D eigenvalue weighted by atomic mass is 32.1. The highest BCUT2D eigenvalue weighted by Crippen LogP contribution is 2.58. The normalized spacial score (nSPS) is 13.3. The van der Waals surface area contributed by atoms with Crippen LogP contribution in [0.25, 0.3) is 108 Å². The molecule has 11 aromatic rings. The van der Waals surface area contributed by atoms with Crippen LogP contribution < -0.4 is 0 Å². The molecule has 1 heteroatoms. The van der Waals surface area contributed by atoms with Gasteiger partial charge in [0.1, 0.15) is 0 Å². The number of hydrogen-bond donors (Lipinski definition) is 0. The van der Waals surface area contributed by atoms with E-state index in [0.29, 0.717) is 0 Å². The van der Waals surface area contributed by atoms with Crippen LogP contribution in [0.1, 0.15) is 25.0 Å². The molecular weight excluding hydrogens is 693 g/mol. The van der Waals surface area contributed by atoms with Gasteiger partial charge in [-0.2, -0.15) is 0 Å². The average molecular weight is 729 g/mol. The van der Waals surface area contributed by atoms with Crippen molar-refractivity contribution >= 4 is 74.6 Å². The molecule has 1 heterocycles. The fourth-order valence-corrected chi connectivity index (χ4v) is 11.7. The lowest BCUT2D eigenvalue weighted by atomic mass is 9.80. The number of fused-ring (bicyclic) bond motifs is 13. The van der Waals surface area contributed by atoms with E-state index in [9.17, 15) is 0 Å².